The van der Waals surface area contributed by atoms with Gasteiger partial charge in [0.25, 0.3) is 5.91 Å². The van der Waals surface area contributed by atoms with Crippen LogP contribution in [0.3, 0.4) is 0 Å². The van der Waals surface area contributed by atoms with E-state index in [1.807, 2.05) is 36.4 Å². The van der Waals surface area contributed by atoms with Crippen molar-refractivity contribution in [3.8, 4) is 0 Å². The third-order valence-corrected chi connectivity index (χ3v) is 4.68. The molecule has 0 saturated carbocycles. The molecule has 0 bridgehead atoms. The Kier molecular flexibility index (Phi) is 3.90. The van der Waals surface area contributed by atoms with E-state index >= 15 is 0 Å². The second-order valence-electron chi connectivity index (χ2n) is 4.51. The molecule has 0 aliphatic heterocycles. The summed E-state index contributed by atoms with van der Waals surface area (Å²) in [6.45, 7) is 0.458. The number of nitrogens with one attached hydrogen (secondary N) is 1. The van der Waals surface area contributed by atoms with Crippen LogP contribution in [-0.2, 0) is 6.54 Å². The lowest BCUT2D eigenvalue weighted by molar-refractivity contribution is 0.0956. The number of hydrogen-bond donors (Lipinski definition) is 2. The minimum atomic E-state index is -0.171. The van der Waals surface area contributed by atoms with Crippen molar-refractivity contribution >= 4 is 49.1 Å². The molecule has 0 spiro atoms. The zero-order chi connectivity index (χ0) is 14.8. The van der Waals surface area contributed by atoms with Crippen molar-refractivity contribution in [1.82, 2.24) is 10.3 Å². The van der Waals surface area contributed by atoms with E-state index in [0.29, 0.717) is 22.6 Å². The fraction of sp³-hybridized carbons (Fsp3) is 0.0667. The first kappa shape index (κ1) is 14.0. The highest BCUT2D eigenvalue weighted by Gasteiger charge is 2.16. The molecule has 3 rings (SSSR count). The summed E-state index contributed by atoms with van der Waals surface area (Å²) in [5, 5.41) is 2.89. The first-order valence-electron chi connectivity index (χ1n) is 6.31. The lowest BCUT2D eigenvalue weighted by Gasteiger charge is -2.05. The standard InChI is InChI=1S/C15H12BrN3OS/c16-10-4-1-3-9(7-10)8-19-15(20)14-12(17)13-11(21-14)5-2-6-18-13/h1-7H,8,17H2,(H,19,20). The Labute approximate surface area is 134 Å². The molecule has 1 amide bonds. The minimum absolute atomic E-state index is 0.171. The minimum Gasteiger partial charge on any atom is -0.396 e. The summed E-state index contributed by atoms with van der Waals surface area (Å²) >= 11 is 4.77. The van der Waals surface area contributed by atoms with Gasteiger partial charge in [-0.25, -0.2) is 0 Å². The van der Waals surface area contributed by atoms with E-state index in [-0.39, 0.29) is 5.91 Å². The molecule has 4 nitrogen and oxygen atoms in total. The van der Waals surface area contributed by atoms with E-state index in [9.17, 15) is 4.79 Å². The Hall–Kier alpha value is -1.92. The molecule has 21 heavy (non-hydrogen) atoms. The number of carbonyl (C=O) groups excluding carboxylic acids is 1. The number of carbonyl (C=O) groups is 1. The lowest BCUT2D eigenvalue weighted by atomic mass is 10.2. The lowest BCUT2D eigenvalue weighted by Crippen LogP contribution is -2.22. The molecule has 0 aliphatic rings. The van der Waals surface area contributed by atoms with Crippen molar-refractivity contribution in [2.24, 2.45) is 0 Å². The van der Waals surface area contributed by atoms with Crippen LogP contribution in [0.1, 0.15) is 15.2 Å². The third-order valence-electron chi connectivity index (χ3n) is 3.03. The number of hydrogen-bond acceptors (Lipinski definition) is 4. The van der Waals surface area contributed by atoms with Crippen LogP contribution in [0.15, 0.2) is 47.1 Å². The van der Waals surface area contributed by atoms with Gasteiger partial charge in [-0.05, 0) is 29.8 Å². The zero-order valence-electron chi connectivity index (χ0n) is 11.0. The van der Waals surface area contributed by atoms with Crippen LogP contribution >= 0.6 is 27.3 Å². The van der Waals surface area contributed by atoms with Crippen LogP contribution < -0.4 is 11.1 Å². The molecule has 106 valence electrons. The van der Waals surface area contributed by atoms with Gasteiger partial charge in [0.05, 0.1) is 10.4 Å². The fourth-order valence-corrected chi connectivity index (χ4v) is 3.47. The molecule has 2 aromatic heterocycles. The normalized spacial score (nSPS) is 10.7. The van der Waals surface area contributed by atoms with Gasteiger partial charge < -0.3 is 11.1 Å². The van der Waals surface area contributed by atoms with Gasteiger partial charge in [0.2, 0.25) is 0 Å². The summed E-state index contributed by atoms with van der Waals surface area (Å²) in [5.41, 5.74) is 8.17. The van der Waals surface area contributed by atoms with E-state index in [1.165, 1.54) is 11.3 Å². The number of rotatable bonds is 3. The number of halogens is 1. The number of pyridine rings is 1. The van der Waals surface area contributed by atoms with Crippen molar-refractivity contribution in [3.63, 3.8) is 0 Å². The molecule has 2 heterocycles. The monoisotopic (exact) mass is 361 g/mol. The molecule has 3 N–H and O–H groups in total. The van der Waals surface area contributed by atoms with Crippen molar-refractivity contribution in [2.45, 2.75) is 6.54 Å². The van der Waals surface area contributed by atoms with Crippen molar-refractivity contribution in [3.05, 3.63) is 57.5 Å². The number of nitrogen functional groups attached to an aromatic ring is 1. The molecular weight excluding hydrogens is 350 g/mol. The predicted octanol–water partition coefficient (Wildman–Crippen LogP) is 3.57. The summed E-state index contributed by atoms with van der Waals surface area (Å²) in [4.78, 5) is 17.0. The average molecular weight is 362 g/mol. The van der Waals surface area contributed by atoms with Crippen LogP contribution in [0.2, 0.25) is 0 Å². The van der Waals surface area contributed by atoms with Crippen LogP contribution in [0.25, 0.3) is 10.2 Å². The molecule has 0 saturated heterocycles. The van der Waals surface area contributed by atoms with E-state index in [0.717, 1.165) is 14.7 Å². The van der Waals surface area contributed by atoms with Gasteiger partial charge in [-0.2, -0.15) is 0 Å². The number of nitrogens with two attached hydrogens (primary N) is 1. The van der Waals surface area contributed by atoms with Gasteiger partial charge in [0.15, 0.2) is 0 Å². The highest BCUT2D eigenvalue weighted by atomic mass is 79.9. The Bertz CT molecular complexity index is 816. The zero-order valence-corrected chi connectivity index (χ0v) is 13.4. The highest BCUT2D eigenvalue weighted by molar-refractivity contribution is 9.10. The van der Waals surface area contributed by atoms with Crippen LogP contribution in [0.5, 0.6) is 0 Å². The van der Waals surface area contributed by atoms with Crippen molar-refractivity contribution in [1.29, 1.82) is 0 Å². The van der Waals surface area contributed by atoms with Crippen LogP contribution in [0.4, 0.5) is 5.69 Å². The number of thiophene rings is 1. The van der Waals surface area contributed by atoms with E-state index < -0.39 is 0 Å². The van der Waals surface area contributed by atoms with Crippen LogP contribution in [0, 0.1) is 0 Å². The number of amides is 1. The average Bonchev–Trinajstić information content (AvgIpc) is 2.83. The molecular formula is C15H12BrN3OS. The topological polar surface area (TPSA) is 68.0 Å². The number of aromatic nitrogens is 1. The largest absolute Gasteiger partial charge is 0.396 e. The molecule has 6 heteroatoms. The Balaban J connectivity index is 1.79. The van der Waals surface area contributed by atoms with Gasteiger partial charge in [-0.3, -0.25) is 9.78 Å². The summed E-state index contributed by atoms with van der Waals surface area (Å²) in [5.74, 6) is -0.171. The Morgan fingerprint density at radius 3 is 2.95 bits per heavy atom. The van der Waals surface area contributed by atoms with Gasteiger partial charge in [0, 0.05) is 17.2 Å². The molecule has 0 aliphatic carbocycles. The van der Waals surface area contributed by atoms with Gasteiger partial charge in [-0.15, -0.1) is 11.3 Å². The molecule has 0 radical (unpaired) electrons. The Morgan fingerprint density at radius 2 is 2.19 bits per heavy atom. The second-order valence-corrected chi connectivity index (χ2v) is 6.48. The maximum absolute atomic E-state index is 12.3. The van der Waals surface area contributed by atoms with Gasteiger partial charge in [-0.1, -0.05) is 28.1 Å². The van der Waals surface area contributed by atoms with Crippen LogP contribution in [-0.4, -0.2) is 10.9 Å². The maximum atomic E-state index is 12.3. The highest BCUT2D eigenvalue weighted by Crippen LogP contribution is 2.31. The fourth-order valence-electron chi connectivity index (χ4n) is 2.03. The molecule has 0 fully saturated rings. The smallest absolute Gasteiger partial charge is 0.263 e. The third kappa shape index (κ3) is 2.91. The first-order valence-corrected chi connectivity index (χ1v) is 7.92. The number of benzene rings is 1. The molecule has 0 atom stereocenters. The summed E-state index contributed by atoms with van der Waals surface area (Å²) in [6.07, 6.45) is 1.68. The number of nitrogens with zero attached hydrogens (tertiary/aromatic N) is 1. The Morgan fingerprint density at radius 1 is 1.33 bits per heavy atom. The van der Waals surface area contributed by atoms with E-state index in [2.05, 4.69) is 26.2 Å². The van der Waals surface area contributed by atoms with E-state index in [4.69, 9.17) is 5.73 Å². The second kappa shape index (κ2) is 5.83. The molecule has 3 aromatic rings. The van der Waals surface area contributed by atoms with Crippen molar-refractivity contribution < 1.29 is 4.79 Å². The summed E-state index contributed by atoms with van der Waals surface area (Å²) in [6, 6.07) is 11.6. The van der Waals surface area contributed by atoms with Gasteiger partial charge >= 0.3 is 0 Å². The number of anilines is 1. The number of fused-ring (bicyclic) bond motifs is 1. The first-order chi connectivity index (χ1) is 10.1. The van der Waals surface area contributed by atoms with Gasteiger partial charge in [0.1, 0.15) is 10.4 Å². The van der Waals surface area contributed by atoms with E-state index in [1.54, 1.807) is 6.20 Å². The SMILES string of the molecule is Nc1c(C(=O)NCc2cccc(Br)c2)sc2cccnc12. The van der Waals surface area contributed by atoms with Crippen molar-refractivity contribution in [2.75, 3.05) is 5.73 Å². The quantitative estimate of drug-likeness (QED) is 0.749. The maximum Gasteiger partial charge on any atom is 0.263 e. The molecule has 1 aromatic carbocycles. The predicted molar refractivity (Wildman–Crippen MR) is 89.3 cm³/mol. The molecule has 0 unspecified atom stereocenters. The summed E-state index contributed by atoms with van der Waals surface area (Å²) in [7, 11) is 0. The summed E-state index contributed by atoms with van der Waals surface area (Å²) < 4.78 is 1.91.